The van der Waals surface area contributed by atoms with Crippen molar-refractivity contribution in [1.29, 1.82) is 0 Å². The lowest BCUT2D eigenvalue weighted by molar-refractivity contribution is -0.136. The van der Waals surface area contributed by atoms with Crippen molar-refractivity contribution in [2.24, 2.45) is 17.6 Å². The first-order valence-electron chi connectivity index (χ1n) is 5.32. The van der Waals surface area contributed by atoms with Gasteiger partial charge in [-0.25, -0.2) is 0 Å². The van der Waals surface area contributed by atoms with Gasteiger partial charge in [0.1, 0.15) is 0 Å². The highest BCUT2D eigenvalue weighted by atomic mass is 19.4. The van der Waals surface area contributed by atoms with Crippen molar-refractivity contribution >= 4 is 5.91 Å². The van der Waals surface area contributed by atoms with Crippen molar-refractivity contribution in [2.75, 3.05) is 13.1 Å². The second kappa shape index (κ2) is 6.73. The fourth-order valence-corrected chi connectivity index (χ4v) is 1.31. The van der Waals surface area contributed by atoms with Crippen LogP contribution in [-0.4, -0.2) is 25.2 Å². The van der Waals surface area contributed by atoms with Crippen LogP contribution in [0.1, 0.15) is 26.7 Å². The molecule has 6 heteroatoms. The zero-order chi connectivity index (χ0) is 12.8. The normalized spacial score (nSPS) is 13.9. The Labute approximate surface area is 93.6 Å². The standard InChI is InChI=1S/C10H19F3N2O/c1-7(2)8(6-14)9(16)15-5-3-4-10(11,12)13/h7-8H,3-6,14H2,1-2H3,(H,15,16). The van der Waals surface area contributed by atoms with Crippen LogP contribution in [0.4, 0.5) is 13.2 Å². The molecule has 1 atom stereocenters. The Morgan fingerprint density at radius 3 is 2.31 bits per heavy atom. The molecule has 0 aromatic heterocycles. The van der Waals surface area contributed by atoms with Crippen LogP contribution in [0.5, 0.6) is 0 Å². The Bertz CT molecular complexity index is 217. The quantitative estimate of drug-likeness (QED) is 0.694. The van der Waals surface area contributed by atoms with Crippen molar-refractivity contribution in [3.05, 3.63) is 0 Å². The van der Waals surface area contributed by atoms with E-state index >= 15 is 0 Å². The molecule has 0 aromatic carbocycles. The molecule has 0 radical (unpaired) electrons. The van der Waals surface area contributed by atoms with E-state index in [0.29, 0.717) is 0 Å². The monoisotopic (exact) mass is 240 g/mol. The number of amides is 1. The number of nitrogens with two attached hydrogens (primary N) is 1. The lowest BCUT2D eigenvalue weighted by Gasteiger charge is -2.18. The second-order valence-corrected chi connectivity index (χ2v) is 4.10. The van der Waals surface area contributed by atoms with Gasteiger partial charge in [0.05, 0.1) is 5.92 Å². The minimum Gasteiger partial charge on any atom is -0.356 e. The smallest absolute Gasteiger partial charge is 0.356 e. The molecule has 0 fully saturated rings. The number of carbonyl (C=O) groups is 1. The minimum atomic E-state index is -4.16. The number of halogens is 3. The topological polar surface area (TPSA) is 55.1 Å². The summed E-state index contributed by atoms with van der Waals surface area (Å²) in [5.41, 5.74) is 5.41. The van der Waals surface area contributed by atoms with Crippen molar-refractivity contribution < 1.29 is 18.0 Å². The third kappa shape index (κ3) is 6.66. The molecule has 1 amide bonds. The minimum absolute atomic E-state index is 0.0432. The molecule has 1 unspecified atom stereocenters. The average Bonchev–Trinajstić information content (AvgIpc) is 2.11. The van der Waals surface area contributed by atoms with Crippen molar-refractivity contribution in [2.45, 2.75) is 32.9 Å². The largest absolute Gasteiger partial charge is 0.389 e. The van der Waals surface area contributed by atoms with E-state index in [0.717, 1.165) is 0 Å². The Kier molecular flexibility index (Phi) is 6.40. The summed E-state index contributed by atoms with van der Waals surface area (Å²) < 4.78 is 35.4. The predicted molar refractivity (Wildman–Crippen MR) is 55.7 cm³/mol. The van der Waals surface area contributed by atoms with E-state index in [2.05, 4.69) is 5.32 Å². The molecule has 0 spiro atoms. The van der Waals surface area contributed by atoms with Crippen LogP contribution in [-0.2, 0) is 4.79 Å². The van der Waals surface area contributed by atoms with Gasteiger partial charge in [-0.05, 0) is 12.3 Å². The van der Waals surface area contributed by atoms with Crippen LogP contribution >= 0.6 is 0 Å². The summed E-state index contributed by atoms with van der Waals surface area (Å²) in [4.78, 5) is 11.5. The number of carbonyl (C=O) groups excluding carboxylic acids is 1. The van der Waals surface area contributed by atoms with E-state index in [1.165, 1.54) is 0 Å². The summed E-state index contributed by atoms with van der Waals surface area (Å²) in [5.74, 6) is -0.502. The molecular formula is C10H19F3N2O. The fourth-order valence-electron chi connectivity index (χ4n) is 1.31. The average molecular weight is 240 g/mol. The molecule has 0 aliphatic carbocycles. The van der Waals surface area contributed by atoms with Gasteiger partial charge in [0.15, 0.2) is 0 Å². The maximum absolute atomic E-state index is 11.8. The van der Waals surface area contributed by atoms with E-state index in [1.54, 1.807) is 0 Å². The van der Waals surface area contributed by atoms with E-state index in [-0.39, 0.29) is 37.3 Å². The molecule has 0 aromatic rings. The van der Waals surface area contributed by atoms with Gasteiger partial charge >= 0.3 is 6.18 Å². The summed E-state index contributed by atoms with van der Waals surface area (Å²) in [6.45, 7) is 3.96. The summed E-state index contributed by atoms with van der Waals surface area (Å²) in [6, 6.07) is 0. The highest BCUT2D eigenvalue weighted by molar-refractivity contribution is 5.79. The first kappa shape index (κ1) is 15.2. The van der Waals surface area contributed by atoms with Gasteiger partial charge in [-0.1, -0.05) is 13.8 Å². The van der Waals surface area contributed by atoms with Gasteiger partial charge in [0, 0.05) is 19.5 Å². The van der Waals surface area contributed by atoms with Gasteiger partial charge < -0.3 is 11.1 Å². The molecule has 96 valence electrons. The number of alkyl halides is 3. The number of hydrogen-bond donors (Lipinski definition) is 2. The predicted octanol–water partition coefficient (Wildman–Crippen LogP) is 1.68. The first-order chi connectivity index (χ1) is 7.28. The SMILES string of the molecule is CC(C)C(CN)C(=O)NCCCC(F)(F)F. The highest BCUT2D eigenvalue weighted by Gasteiger charge is 2.26. The number of nitrogens with one attached hydrogen (secondary N) is 1. The molecular weight excluding hydrogens is 221 g/mol. The summed E-state index contributed by atoms with van der Waals surface area (Å²) in [7, 11) is 0. The van der Waals surface area contributed by atoms with Crippen molar-refractivity contribution in [3.63, 3.8) is 0 Å². The molecule has 0 rings (SSSR count). The maximum Gasteiger partial charge on any atom is 0.389 e. The fraction of sp³-hybridized carbons (Fsp3) is 0.900. The van der Waals surface area contributed by atoms with Crippen LogP contribution in [0.3, 0.4) is 0 Å². The van der Waals surface area contributed by atoms with Crippen molar-refractivity contribution in [1.82, 2.24) is 5.32 Å². The molecule has 0 saturated heterocycles. The van der Waals surface area contributed by atoms with Gasteiger partial charge in [-0.3, -0.25) is 4.79 Å². The molecule has 0 bridgehead atoms. The molecule has 0 aliphatic rings. The van der Waals surface area contributed by atoms with Crippen LogP contribution in [0, 0.1) is 11.8 Å². The molecule has 3 N–H and O–H groups in total. The Hall–Kier alpha value is -0.780. The molecule has 3 nitrogen and oxygen atoms in total. The summed E-state index contributed by atoms with van der Waals surface area (Å²) in [5, 5.41) is 2.47. The lowest BCUT2D eigenvalue weighted by Crippen LogP contribution is -2.38. The summed E-state index contributed by atoms with van der Waals surface area (Å²) >= 11 is 0. The van der Waals surface area contributed by atoms with E-state index < -0.39 is 12.6 Å². The zero-order valence-electron chi connectivity index (χ0n) is 9.60. The molecule has 0 heterocycles. The number of rotatable bonds is 6. The second-order valence-electron chi connectivity index (χ2n) is 4.10. The van der Waals surface area contributed by atoms with E-state index in [1.807, 2.05) is 13.8 Å². The summed E-state index contributed by atoms with van der Waals surface area (Å²) in [6.07, 6.45) is -5.12. The molecule has 16 heavy (non-hydrogen) atoms. The third-order valence-corrected chi connectivity index (χ3v) is 2.33. The van der Waals surface area contributed by atoms with Gasteiger partial charge in [0.25, 0.3) is 0 Å². The third-order valence-electron chi connectivity index (χ3n) is 2.33. The Morgan fingerprint density at radius 2 is 1.94 bits per heavy atom. The van der Waals surface area contributed by atoms with Crippen LogP contribution < -0.4 is 11.1 Å². The van der Waals surface area contributed by atoms with Gasteiger partial charge in [-0.15, -0.1) is 0 Å². The molecule has 0 saturated carbocycles. The number of hydrogen-bond acceptors (Lipinski definition) is 2. The first-order valence-corrected chi connectivity index (χ1v) is 5.32. The van der Waals surface area contributed by atoms with Gasteiger partial charge in [0.2, 0.25) is 5.91 Å². The Balaban J connectivity index is 3.81. The van der Waals surface area contributed by atoms with Crippen molar-refractivity contribution in [3.8, 4) is 0 Å². The Morgan fingerprint density at radius 1 is 1.38 bits per heavy atom. The lowest BCUT2D eigenvalue weighted by atomic mass is 9.95. The van der Waals surface area contributed by atoms with Crippen LogP contribution in [0.25, 0.3) is 0 Å². The maximum atomic E-state index is 11.8. The van der Waals surface area contributed by atoms with E-state index in [4.69, 9.17) is 5.73 Å². The van der Waals surface area contributed by atoms with Gasteiger partial charge in [-0.2, -0.15) is 13.2 Å². The highest BCUT2D eigenvalue weighted by Crippen LogP contribution is 2.20. The van der Waals surface area contributed by atoms with E-state index in [9.17, 15) is 18.0 Å². The zero-order valence-corrected chi connectivity index (χ0v) is 9.60. The van der Waals surface area contributed by atoms with Crippen LogP contribution in [0.15, 0.2) is 0 Å². The molecule has 0 aliphatic heterocycles. The van der Waals surface area contributed by atoms with Crippen LogP contribution in [0.2, 0.25) is 0 Å².